The molecule has 3 aromatic carbocycles. The predicted molar refractivity (Wildman–Crippen MR) is 102 cm³/mol. The third-order valence-corrected chi connectivity index (χ3v) is 4.25. The zero-order valence-electron chi connectivity index (χ0n) is 14.2. The largest absolute Gasteiger partial charge is 0.478 e. The van der Waals surface area contributed by atoms with Gasteiger partial charge in [-0.25, -0.2) is 14.8 Å². The molecule has 0 unspecified atom stereocenters. The summed E-state index contributed by atoms with van der Waals surface area (Å²) in [5.74, 6) is -0.974. The number of carbonyl (C=O) groups is 1. The maximum Gasteiger partial charge on any atom is 0.335 e. The number of aromatic nitrogens is 2. The number of nitrogens with zero attached hydrogens (tertiary/aromatic N) is 2. The van der Waals surface area contributed by atoms with Crippen LogP contribution < -0.4 is 0 Å². The van der Waals surface area contributed by atoms with Crippen LogP contribution in [0.4, 0.5) is 0 Å². The highest BCUT2D eigenvalue weighted by atomic mass is 16.4. The Hall–Kier alpha value is -3.53. The summed E-state index contributed by atoms with van der Waals surface area (Å²) in [7, 11) is 0. The average molecular weight is 340 g/mol. The number of carboxylic acid groups (broad SMARTS) is 1. The number of carboxylic acids is 1. The van der Waals surface area contributed by atoms with Crippen LogP contribution in [0.3, 0.4) is 0 Å². The Morgan fingerprint density at radius 2 is 1.46 bits per heavy atom. The van der Waals surface area contributed by atoms with Gasteiger partial charge in [-0.15, -0.1) is 0 Å². The Kier molecular flexibility index (Phi) is 3.93. The van der Waals surface area contributed by atoms with Gasteiger partial charge in [-0.1, -0.05) is 54.1 Å². The Morgan fingerprint density at radius 1 is 0.769 bits per heavy atom. The summed E-state index contributed by atoms with van der Waals surface area (Å²) in [6, 6.07) is 22.8. The lowest BCUT2D eigenvalue weighted by atomic mass is 10.0. The van der Waals surface area contributed by atoms with Crippen LogP contribution in [0.15, 0.2) is 72.8 Å². The summed E-state index contributed by atoms with van der Waals surface area (Å²) in [5, 5.41) is 9.25. The molecule has 26 heavy (non-hydrogen) atoms. The van der Waals surface area contributed by atoms with E-state index in [1.165, 1.54) is 0 Å². The van der Waals surface area contributed by atoms with Gasteiger partial charge in [-0.3, -0.25) is 0 Å². The molecule has 4 rings (SSSR count). The minimum atomic E-state index is -0.974. The third-order valence-electron chi connectivity index (χ3n) is 4.25. The number of aryl methyl sites for hydroxylation is 1. The zero-order valence-corrected chi connectivity index (χ0v) is 14.2. The van der Waals surface area contributed by atoms with E-state index in [1.54, 1.807) is 18.2 Å². The molecule has 0 atom stereocenters. The van der Waals surface area contributed by atoms with E-state index in [0.29, 0.717) is 11.0 Å². The van der Waals surface area contributed by atoms with Gasteiger partial charge in [0.2, 0.25) is 0 Å². The summed E-state index contributed by atoms with van der Waals surface area (Å²) in [4.78, 5) is 20.9. The number of hydrogen-bond donors (Lipinski definition) is 1. The number of hydrogen-bond acceptors (Lipinski definition) is 3. The fraction of sp³-hybridized carbons (Fsp3) is 0.0455. The van der Waals surface area contributed by atoms with Gasteiger partial charge in [0, 0.05) is 11.1 Å². The second-order valence-corrected chi connectivity index (χ2v) is 6.16. The molecule has 0 aliphatic carbocycles. The molecule has 4 aromatic rings. The Morgan fingerprint density at radius 3 is 2.19 bits per heavy atom. The van der Waals surface area contributed by atoms with Crippen LogP contribution in [0.5, 0.6) is 0 Å². The number of fused-ring (bicyclic) bond motifs is 1. The van der Waals surface area contributed by atoms with Crippen LogP contribution in [0, 0.1) is 6.92 Å². The molecule has 1 N–H and O–H groups in total. The van der Waals surface area contributed by atoms with E-state index in [2.05, 4.69) is 6.07 Å². The lowest BCUT2D eigenvalue weighted by Crippen LogP contribution is -1.99. The van der Waals surface area contributed by atoms with E-state index in [-0.39, 0.29) is 5.56 Å². The van der Waals surface area contributed by atoms with Gasteiger partial charge in [0.05, 0.1) is 28.0 Å². The topological polar surface area (TPSA) is 63.1 Å². The second-order valence-electron chi connectivity index (χ2n) is 6.16. The van der Waals surface area contributed by atoms with Crippen molar-refractivity contribution < 1.29 is 9.90 Å². The first-order chi connectivity index (χ1) is 12.6. The van der Waals surface area contributed by atoms with Crippen LogP contribution in [0.2, 0.25) is 0 Å². The molecule has 126 valence electrons. The smallest absolute Gasteiger partial charge is 0.335 e. The monoisotopic (exact) mass is 340 g/mol. The lowest BCUT2D eigenvalue weighted by Gasteiger charge is -2.11. The van der Waals surface area contributed by atoms with Crippen LogP contribution in [-0.2, 0) is 0 Å². The normalized spacial score (nSPS) is 10.8. The maximum atomic E-state index is 11.3. The standard InChI is InChI=1S/C22H16N2O2/c1-14-6-5-9-16(12-14)21-20(15-7-3-2-4-8-15)23-18-11-10-17(22(25)26)13-19(18)24-21/h2-13H,1H3,(H,25,26). The molecule has 0 saturated carbocycles. The second kappa shape index (κ2) is 6.41. The summed E-state index contributed by atoms with van der Waals surface area (Å²) in [5.41, 5.74) is 6.03. The molecule has 0 bridgehead atoms. The molecule has 0 spiro atoms. The quantitative estimate of drug-likeness (QED) is 0.572. The van der Waals surface area contributed by atoms with Gasteiger partial charge in [0.15, 0.2) is 0 Å². The van der Waals surface area contributed by atoms with E-state index >= 15 is 0 Å². The van der Waals surface area contributed by atoms with E-state index in [0.717, 1.165) is 28.1 Å². The first kappa shape index (κ1) is 16.0. The van der Waals surface area contributed by atoms with Gasteiger partial charge in [0.25, 0.3) is 0 Å². The fourth-order valence-electron chi connectivity index (χ4n) is 2.98. The number of benzene rings is 3. The minimum absolute atomic E-state index is 0.203. The number of rotatable bonds is 3. The van der Waals surface area contributed by atoms with Crippen molar-refractivity contribution >= 4 is 17.0 Å². The van der Waals surface area contributed by atoms with Gasteiger partial charge in [-0.2, -0.15) is 0 Å². The molecule has 4 nitrogen and oxygen atoms in total. The number of aromatic carboxylic acids is 1. The van der Waals surface area contributed by atoms with Crippen LogP contribution in [0.25, 0.3) is 33.5 Å². The van der Waals surface area contributed by atoms with Gasteiger partial charge >= 0.3 is 5.97 Å². The first-order valence-electron chi connectivity index (χ1n) is 8.29. The maximum absolute atomic E-state index is 11.3. The van der Waals surface area contributed by atoms with Crippen molar-refractivity contribution in [1.29, 1.82) is 0 Å². The van der Waals surface area contributed by atoms with Crippen molar-refractivity contribution in [1.82, 2.24) is 9.97 Å². The molecule has 1 aromatic heterocycles. The molecular weight excluding hydrogens is 324 g/mol. The van der Waals surface area contributed by atoms with Crippen molar-refractivity contribution in [2.75, 3.05) is 0 Å². The molecule has 0 aliphatic heterocycles. The summed E-state index contributed by atoms with van der Waals surface area (Å²) in [6.07, 6.45) is 0. The Balaban J connectivity index is 2.03. The van der Waals surface area contributed by atoms with Crippen LogP contribution >= 0.6 is 0 Å². The van der Waals surface area contributed by atoms with Crippen molar-refractivity contribution in [2.24, 2.45) is 0 Å². The van der Waals surface area contributed by atoms with Crippen LogP contribution in [-0.4, -0.2) is 21.0 Å². The third kappa shape index (κ3) is 2.93. The Bertz CT molecular complexity index is 1120. The van der Waals surface area contributed by atoms with E-state index < -0.39 is 5.97 Å². The molecular formula is C22H16N2O2. The van der Waals surface area contributed by atoms with Crippen LogP contribution in [0.1, 0.15) is 15.9 Å². The zero-order chi connectivity index (χ0) is 18.1. The molecule has 0 aliphatic rings. The lowest BCUT2D eigenvalue weighted by molar-refractivity contribution is 0.0697. The van der Waals surface area contributed by atoms with Crippen molar-refractivity contribution in [3.8, 4) is 22.5 Å². The van der Waals surface area contributed by atoms with Crippen molar-refractivity contribution in [3.63, 3.8) is 0 Å². The highest BCUT2D eigenvalue weighted by Gasteiger charge is 2.14. The van der Waals surface area contributed by atoms with Gasteiger partial charge in [-0.05, 0) is 31.2 Å². The minimum Gasteiger partial charge on any atom is -0.478 e. The van der Waals surface area contributed by atoms with Gasteiger partial charge in [0.1, 0.15) is 0 Å². The summed E-state index contributed by atoms with van der Waals surface area (Å²) >= 11 is 0. The van der Waals surface area contributed by atoms with Crippen molar-refractivity contribution in [2.45, 2.75) is 6.92 Å². The van der Waals surface area contributed by atoms with Crippen molar-refractivity contribution in [3.05, 3.63) is 83.9 Å². The molecule has 4 heteroatoms. The summed E-state index contributed by atoms with van der Waals surface area (Å²) in [6.45, 7) is 2.03. The SMILES string of the molecule is Cc1cccc(-c2nc3cc(C(=O)O)ccc3nc2-c2ccccc2)c1. The molecule has 0 radical (unpaired) electrons. The van der Waals surface area contributed by atoms with E-state index in [4.69, 9.17) is 9.97 Å². The predicted octanol–water partition coefficient (Wildman–Crippen LogP) is 4.97. The highest BCUT2D eigenvalue weighted by Crippen LogP contribution is 2.31. The summed E-state index contributed by atoms with van der Waals surface area (Å²) < 4.78 is 0. The average Bonchev–Trinajstić information content (AvgIpc) is 2.67. The molecule has 0 amide bonds. The molecule has 0 fully saturated rings. The Labute approximate surface area is 150 Å². The first-order valence-corrected chi connectivity index (χ1v) is 8.29. The highest BCUT2D eigenvalue weighted by molar-refractivity contribution is 5.94. The fourth-order valence-corrected chi connectivity index (χ4v) is 2.98. The van der Waals surface area contributed by atoms with E-state index in [1.807, 2.05) is 55.5 Å². The molecule has 0 saturated heterocycles. The molecule has 1 heterocycles. The van der Waals surface area contributed by atoms with Gasteiger partial charge < -0.3 is 5.11 Å². The van der Waals surface area contributed by atoms with E-state index in [9.17, 15) is 9.90 Å².